The molecule has 2 heterocycles. The van der Waals surface area contributed by atoms with Crippen LogP contribution >= 0.6 is 11.6 Å². The zero-order valence-electron chi connectivity index (χ0n) is 15.6. The van der Waals surface area contributed by atoms with Gasteiger partial charge in [-0.25, -0.2) is 9.97 Å². The second kappa shape index (κ2) is 7.57. The lowest BCUT2D eigenvalue weighted by Crippen LogP contribution is -2.31. The van der Waals surface area contributed by atoms with E-state index in [-0.39, 0.29) is 5.92 Å². The number of rotatable bonds is 4. The monoisotopic (exact) mass is 378 g/mol. The summed E-state index contributed by atoms with van der Waals surface area (Å²) in [5.74, 6) is 2.86. The first-order chi connectivity index (χ1) is 13.1. The molecule has 138 valence electrons. The molecule has 0 spiro atoms. The lowest BCUT2D eigenvalue weighted by molar-refractivity contribution is 0.703. The zero-order valence-corrected chi connectivity index (χ0v) is 16.4. The maximum atomic E-state index is 6.11. The van der Waals surface area contributed by atoms with Gasteiger partial charge in [-0.2, -0.15) is 0 Å². The highest BCUT2D eigenvalue weighted by Gasteiger charge is 2.19. The fraction of sp³-hybridized carbons (Fsp3) is 0.273. The van der Waals surface area contributed by atoms with Crippen molar-refractivity contribution in [1.82, 2.24) is 9.97 Å². The fourth-order valence-electron chi connectivity index (χ4n) is 3.34. The minimum absolute atomic E-state index is 0.252. The number of nitrogens with one attached hydrogen (secondary N) is 1. The van der Waals surface area contributed by atoms with Crippen molar-refractivity contribution in [1.29, 1.82) is 0 Å². The Morgan fingerprint density at radius 2 is 1.81 bits per heavy atom. The van der Waals surface area contributed by atoms with Crippen LogP contribution in [0.5, 0.6) is 0 Å². The molecule has 2 aromatic carbocycles. The third-order valence-corrected chi connectivity index (χ3v) is 5.03. The van der Waals surface area contributed by atoms with Gasteiger partial charge in [0.15, 0.2) is 0 Å². The number of fused-ring (bicyclic) bond motifs is 1. The Kier molecular flexibility index (Phi) is 4.99. The van der Waals surface area contributed by atoms with Gasteiger partial charge in [0.2, 0.25) is 0 Å². The average molecular weight is 379 g/mol. The lowest BCUT2D eigenvalue weighted by Gasteiger charge is -2.30. The summed E-state index contributed by atoms with van der Waals surface area (Å²) < 4.78 is 0. The zero-order chi connectivity index (χ0) is 18.8. The van der Waals surface area contributed by atoms with E-state index in [1.807, 2.05) is 30.3 Å². The summed E-state index contributed by atoms with van der Waals surface area (Å²) in [6.07, 6.45) is 1.04. The molecule has 0 aliphatic carbocycles. The van der Waals surface area contributed by atoms with Gasteiger partial charge in [-0.15, -0.1) is 0 Å². The van der Waals surface area contributed by atoms with Crippen molar-refractivity contribution in [3.8, 4) is 0 Å². The molecule has 0 saturated heterocycles. The first kappa shape index (κ1) is 17.8. The molecule has 5 heteroatoms. The Bertz CT molecular complexity index is 955. The van der Waals surface area contributed by atoms with Crippen LogP contribution in [-0.4, -0.2) is 16.5 Å². The maximum Gasteiger partial charge on any atom is 0.136 e. The molecule has 0 fully saturated rings. The van der Waals surface area contributed by atoms with Crippen molar-refractivity contribution in [2.75, 3.05) is 16.8 Å². The number of aromatic nitrogens is 2. The van der Waals surface area contributed by atoms with Gasteiger partial charge < -0.3 is 10.2 Å². The van der Waals surface area contributed by atoms with E-state index in [4.69, 9.17) is 21.6 Å². The molecule has 0 bridgehead atoms. The largest absolute Gasteiger partial charge is 0.352 e. The molecule has 0 amide bonds. The second-order valence-electron chi connectivity index (χ2n) is 7.20. The number of hydrogen-bond donors (Lipinski definition) is 1. The highest BCUT2D eigenvalue weighted by molar-refractivity contribution is 6.30. The fourth-order valence-corrected chi connectivity index (χ4v) is 3.53. The quantitative estimate of drug-likeness (QED) is 0.645. The van der Waals surface area contributed by atoms with E-state index in [0.29, 0.717) is 5.02 Å². The smallest absolute Gasteiger partial charge is 0.136 e. The normalized spacial score (nSPS) is 13.6. The number of hydrogen-bond acceptors (Lipinski definition) is 4. The number of anilines is 3. The summed E-state index contributed by atoms with van der Waals surface area (Å²) >= 11 is 6.11. The molecule has 3 aromatic rings. The van der Waals surface area contributed by atoms with Gasteiger partial charge in [0.25, 0.3) is 0 Å². The minimum atomic E-state index is 0.252. The SMILES string of the molecule is CC(C)c1nc(Nc2cccc(Cl)c2)cc(N2CCc3ccccc3C2)n1. The molecule has 27 heavy (non-hydrogen) atoms. The molecule has 1 N–H and O–H groups in total. The molecule has 0 radical (unpaired) electrons. The first-order valence-corrected chi connectivity index (χ1v) is 9.69. The van der Waals surface area contributed by atoms with Crippen LogP contribution < -0.4 is 10.2 Å². The summed E-state index contributed by atoms with van der Waals surface area (Å²) in [6.45, 7) is 6.07. The van der Waals surface area contributed by atoms with Crippen molar-refractivity contribution in [3.05, 3.63) is 76.6 Å². The highest BCUT2D eigenvalue weighted by atomic mass is 35.5. The summed E-state index contributed by atoms with van der Waals surface area (Å²) in [6, 6.07) is 18.4. The van der Waals surface area contributed by atoms with Crippen LogP contribution in [0.4, 0.5) is 17.3 Å². The second-order valence-corrected chi connectivity index (χ2v) is 7.64. The molecule has 1 aromatic heterocycles. The van der Waals surface area contributed by atoms with Crippen LogP contribution in [-0.2, 0) is 13.0 Å². The van der Waals surface area contributed by atoms with Crippen molar-refractivity contribution >= 4 is 28.9 Å². The van der Waals surface area contributed by atoms with Crippen LogP contribution in [0.15, 0.2) is 54.6 Å². The third kappa shape index (κ3) is 4.06. The number of nitrogens with zero attached hydrogens (tertiary/aromatic N) is 3. The van der Waals surface area contributed by atoms with E-state index in [9.17, 15) is 0 Å². The van der Waals surface area contributed by atoms with Gasteiger partial charge in [-0.1, -0.05) is 55.8 Å². The van der Waals surface area contributed by atoms with Crippen LogP contribution in [0.3, 0.4) is 0 Å². The van der Waals surface area contributed by atoms with Crippen LogP contribution in [0.1, 0.15) is 36.7 Å². The van der Waals surface area contributed by atoms with Crippen LogP contribution in [0.25, 0.3) is 0 Å². The van der Waals surface area contributed by atoms with E-state index >= 15 is 0 Å². The first-order valence-electron chi connectivity index (χ1n) is 9.32. The molecular formula is C22H23ClN4. The molecular weight excluding hydrogens is 356 g/mol. The van der Waals surface area contributed by atoms with Gasteiger partial charge in [-0.3, -0.25) is 0 Å². The third-order valence-electron chi connectivity index (χ3n) is 4.80. The van der Waals surface area contributed by atoms with Gasteiger partial charge in [-0.05, 0) is 35.7 Å². The van der Waals surface area contributed by atoms with Crippen molar-refractivity contribution in [3.63, 3.8) is 0 Å². The van der Waals surface area contributed by atoms with Gasteiger partial charge in [0.05, 0.1) is 0 Å². The Hall–Kier alpha value is -2.59. The Morgan fingerprint density at radius 1 is 1.00 bits per heavy atom. The van der Waals surface area contributed by atoms with Gasteiger partial charge >= 0.3 is 0 Å². The van der Waals surface area contributed by atoms with Crippen molar-refractivity contribution in [2.45, 2.75) is 32.7 Å². The minimum Gasteiger partial charge on any atom is -0.352 e. The van der Waals surface area contributed by atoms with E-state index in [2.05, 4.69) is 48.3 Å². The van der Waals surface area contributed by atoms with Crippen molar-refractivity contribution in [2.24, 2.45) is 0 Å². The molecule has 0 unspecified atom stereocenters. The maximum absolute atomic E-state index is 6.11. The summed E-state index contributed by atoms with van der Waals surface area (Å²) in [5.41, 5.74) is 3.73. The Labute approximate surface area is 165 Å². The van der Waals surface area contributed by atoms with Gasteiger partial charge in [0.1, 0.15) is 17.5 Å². The van der Waals surface area contributed by atoms with E-state index in [0.717, 1.165) is 42.7 Å². The molecule has 4 nitrogen and oxygen atoms in total. The predicted molar refractivity (Wildman–Crippen MR) is 112 cm³/mol. The molecule has 4 rings (SSSR count). The standard InChI is InChI=1S/C22H23ClN4/c1-15(2)22-25-20(24-19-9-5-8-18(23)12-19)13-21(26-22)27-11-10-16-6-3-4-7-17(16)14-27/h3-9,12-13,15H,10-11,14H2,1-2H3,(H,24,25,26). The number of benzene rings is 2. The van der Waals surface area contributed by atoms with Crippen LogP contribution in [0, 0.1) is 0 Å². The summed E-state index contributed by atoms with van der Waals surface area (Å²) in [4.78, 5) is 11.9. The Morgan fingerprint density at radius 3 is 2.59 bits per heavy atom. The molecule has 1 aliphatic heterocycles. The molecule has 1 aliphatic rings. The van der Waals surface area contributed by atoms with Crippen LogP contribution in [0.2, 0.25) is 5.02 Å². The number of halogens is 1. The molecule has 0 atom stereocenters. The predicted octanol–water partition coefficient (Wildman–Crippen LogP) is 5.56. The highest BCUT2D eigenvalue weighted by Crippen LogP contribution is 2.27. The van der Waals surface area contributed by atoms with E-state index in [1.54, 1.807) is 0 Å². The van der Waals surface area contributed by atoms with E-state index in [1.165, 1.54) is 11.1 Å². The van der Waals surface area contributed by atoms with E-state index < -0.39 is 0 Å². The molecule has 0 saturated carbocycles. The topological polar surface area (TPSA) is 41.1 Å². The Balaban J connectivity index is 1.65. The van der Waals surface area contributed by atoms with Crippen molar-refractivity contribution < 1.29 is 0 Å². The lowest BCUT2D eigenvalue weighted by atomic mass is 10.00. The summed E-state index contributed by atoms with van der Waals surface area (Å²) in [7, 11) is 0. The van der Waals surface area contributed by atoms with Gasteiger partial charge in [0, 0.05) is 35.8 Å². The summed E-state index contributed by atoms with van der Waals surface area (Å²) in [5, 5.41) is 4.08. The average Bonchev–Trinajstić information content (AvgIpc) is 2.67.